The lowest BCUT2D eigenvalue weighted by Gasteiger charge is -2.32. The molecule has 3 amide bonds. The van der Waals surface area contributed by atoms with Gasteiger partial charge in [0, 0.05) is 54.7 Å². The van der Waals surface area contributed by atoms with E-state index in [1.54, 1.807) is 35.4 Å². The summed E-state index contributed by atoms with van der Waals surface area (Å²) in [6.07, 6.45) is 6.20. The van der Waals surface area contributed by atoms with Crippen molar-refractivity contribution < 1.29 is 9.59 Å². The van der Waals surface area contributed by atoms with Gasteiger partial charge in [-0.3, -0.25) is 9.78 Å². The number of hydrogen-bond acceptors (Lipinski definition) is 4. The highest BCUT2D eigenvalue weighted by atomic mass is 35.5. The summed E-state index contributed by atoms with van der Waals surface area (Å²) >= 11 is 6.65. The molecule has 0 radical (unpaired) electrons. The fourth-order valence-electron chi connectivity index (χ4n) is 4.45. The van der Waals surface area contributed by atoms with Gasteiger partial charge < -0.3 is 20.4 Å². The van der Waals surface area contributed by atoms with Crippen LogP contribution in [0.15, 0.2) is 78.6 Å². The first-order chi connectivity index (χ1) is 17.5. The van der Waals surface area contributed by atoms with Gasteiger partial charge in [-0.05, 0) is 60.8 Å². The van der Waals surface area contributed by atoms with Crippen molar-refractivity contribution in [3.63, 3.8) is 0 Å². The summed E-state index contributed by atoms with van der Waals surface area (Å²) in [6, 6.07) is 16.8. The number of halogens is 1. The van der Waals surface area contributed by atoms with Crippen LogP contribution in [-0.2, 0) is 0 Å². The van der Waals surface area contributed by atoms with E-state index in [9.17, 15) is 9.59 Å². The van der Waals surface area contributed by atoms with Crippen LogP contribution in [0.3, 0.4) is 0 Å². The molecule has 0 spiro atoms. The van der Waals surface area contributed by atoms with Crippen LogP contribution in [0.1, 0.15) is 22.5 Å². The molecule has 1 saturated heterocycles. The Morgan fingerprint density at radius 2 is 1.72 bits per heavy atom. The lowest BCUT2D eigenvalue weighted by Crippen LogP contribution is -2.48. The van der Waals surface area contributed by atoms with Gasteiger partial charge in [-0.25, -0.2) is 4.79 Å². The molecule has 1 aliphatic heterocycles. The van der Waals surface area contributed by atoms with E-state index in [1.165, 1.54) is 0 Å². The van der Waals surface area contributed by atoms with Crippen LogP contribution < -0.4 is 10.6 Å². The summed E-state index contributed by atoms with van der Waals surface area (Å²) in [5, 5.41) is 7.78. The molecule has 0 bridgehead atoms. The number of alkyl halides is 1. The number of likely N-dealkylation sites (N-methyl/N-ethyl adjacent to an activating group) is 1. The van der Waals surface area contributed by atoms with Crippen molar-refractivity contribution >= 4 is 45.6 Å². The summed E-state index contributed by atoms with van der Waals surface area (Å²) < 4.78 is 0. The number of anilines is 1. The number of aromatic nitrogens is 1. The zero-order chi connectivity index (χ0) is 25.1. The number of piperazine rings is 1. The molecular weight excluding hydrogens is 474 g/mol. The van der Waals surface area contributed by atoms with Gasteiger partial charge in [-0.1, -0.05) is 30.3 Å². The third-order valence-electron chi connectivity index (χ3n) is 6.59. The SMILES string of the molecule is CN1CCN(C(=O)Nc2ccc(C(=O)NC3=CCC(Cl)C(c4nccc5ccccc45)=C3)cc2)CC1. The van der Waals surface area contributed by atoms with Gasteiger partial charge in [0.05, 0.1) is 11.1 Å². The number of nitrogens with one attached hydrogen (secondary N) is 2. The summed E-state index contributed by atoms with van der Waals surface area (Å²) in [7, 11) is 2.05. The largest absolute Gasteiger partial charge is 0.322 e. The van der Waals surface area contributed by atoms with Crippen molar-refractivity contribution in [1.29, 1.82) is 0 Å². The standard InChI is InChI=1S/C28H28ClN5O2/c1-33-14-16-34(17-15-33)28(36)32-21-8-6-20(7-9-21)27(35)31-22-10-11-25(29)24(18-22)26-23-5-3-2-4-19(23)12-13-30-26/h2-10,12-13,18,25H,11,14-17H2,1H3,(H,31,35)(H,32,36). The summed E-state index contributed by atoms with van der Waals surface area (Å²) in [6.45, 7) is 3.12. The quantitative estimate of drug-likeness (QED) is 0.507. The van der Waals surface area contributed by atoms with Crippen molar-refractivity contribution in [2.75, 3.05) is 38.5 Å². The van der Waals surface area contributed by atoms with Crippen molar-refractivity contribution in [2.45, 2.75) is 11.8 Å². The second-order valence-corrected chi connectivity index (χ2v) is 9.62. The monoisotopic (exact) mass is 501 g/mol. The molecule has 36 heavy (non-hydrogen) atoms. The predicted octanol–water partition coefficient (Wildman–Crippen LogP) is 4.72. The van der Waals surface area contributed by atoms with Crippen LogP contribution >= 0.6 is 11.6 Å². The highest BCUT2D eigenvalue weighted by molar-refractivity contribution is 6.27. The van der Waals surface area contributed by atoms with Gasteiger partial charge in [-0.2, -0.15) is 0 Å². The van der Waals surface area contributed by atoms with Crippen LogP contribution in [0, 0.1) is 0 Å². The number of allylic oxidation sites excluding steroid dienone is 3. The second-order valence-electron chi connectivity index (χ2n) is 9.10. The highest BCUT2D eigenvalue weighted by Gasteiger charge is 2.22. The van der Waals surface area contributed by atoms with Crippen molar-refractivity contribution in [3.8, 4) is 0 Å². The van der Waals surface area contributed by atoms with E-state index >= 15 is 0 Å². The Morgan fingerprint density at radius 1 is 0.972 bits per heavy atom. The Bertz CT molecular complexity index is 1340. The molecule has 2 N–H and O–H groups in total. The minimum Gasteiger partial charge on any atom is -0.322 e. The first-order valence-electron chi connectivity index (χ1n) is 12.0. The number of benzene rings is 2. The molecule has 7 nitrogen and oxygen atoms in total. The number of rotatable bonds is 4. The van der Waals surface area contributed by atoms with Gasteiger partial charge in [0.25, 0.3) is 5.91 Å². The lowest BCUT2D eigenvalue weighted by molar-refractivity contribution is 0.0967. The molecule has 3 aromatic rings. The predicted molar refractivity (Wildman–Crippen MR) is 144 cm³/mol. The van der Waals surface area contributed by atoms with Crippen molar-refractivity contribution in [2.24, 2.45) is 0 Å². The molecule has 0 saturated carbocycles. The number of pyridine rings is 1. The molecule has 1 fully saturated rings. The molecule has 5 rings (SSSR count). The average Bonchev–Trinajstić information content (AvgIpc) is 2.90. The Morgan fingerprint density at radius 3 is 2.50 bits per heavy atom. The molecule has 1 atom stereocenters. The fraction of sp³-hybridized carbons (Fsp3) is 0.250. The normalized spacial score (nSPS) is 18.4. The third kappa shape index (κ3) is 5.27. The Balaban J connectivity index is 1.26. The van der Waals surface area contributed by atoms with Gasteiger partial charge >= 0.3 is 6.03 Å². The maximum Gasteiger partial charge on any atom is 0.321 e. The molecular formula is C28H28ClN5O2. The van der Waals surface area contributed by atoms with Crippen LogP contribution in [0.5, 0.6) is 0 Å². The van der Waals surface area contributed by atoms with E-state index in [2.05, 4.69) is 20.5 Å². The number of fused-ring (bicyclic) bond motifs is 1. The summed E-state index contributed by atoms with van der Waals surface area (Å²) in [4.78, 5) is 34.0. The molecule has 2 heterocycles. The summed E-state index contributed by atoms with van der Waals surface area (Å²) in [5.41, 5.74) is 3.55. The first kappa shape index (κ1) is 24.0. The smallest absolute Gasteiger partial charge is 0.321 e. The maximum atomic E-state index is 12.9. The van der Waals surface area contributed by atoms with E-state index in [1.807, 2.05) is 49.5 Å². The molecule has 1 aromatic heterocycles. The minimum atomic E-state index is -0.229. The number of nitrogens with zero attached hydrogens (tertiary/aromatic N) is 3. The number of urea groups is 1. The van der Waals surface area contributed by atoms with Gasteiger partial charge in [-0.15, -0.1) is 11.6 Å². The van der Waals surface area contributed by atoms with Gasteiger partial charge in [0.15, 0.2) is 0 Å². The van der Waals surface area contributed by atoms with Crippen LogP contribution in [0.4, 0.5) is 10.5 Å². The zero-order valence-electron chi connectivity index (χ0n) is 20.1. The third-order valence-corrected chi connectivity index (χ3v) is 7.00. The number of amides is 3. The number of carbonyl (C=O) groups is 2. The van der Waals surface area contributed by atoms with E-state index in [0.717, 1.165) is 35.1 Å². The summed E-state index contributed by atoms with van der Waals surface area (Å²) in [5.74, 6) is -0.229. The molecule has 2 aromatic carbocycles. The molecule has 184 valence electrons. The average molecular weight is 502 g/mol. The molecule has 8 heteroatoms. The fourth-order valence-corrected chi connectivity index (χ4v) is 4.70. The molecule has 1 aliphatic carbocycles. The Hall–Kier alpha value is -3.68. The first-order valence-corrected chi connectivity index (χ1v) is 12.5. The molecule has 2 aliphatic rings. The van der Waals surface area contributed by atoms with Crippen LogP contribution in [0.2, 0.25) is 0 Å². The number of carbonyl (C=O) groups excluding carboxylic acids is 2. The zero-order valence-corrected chi connectivity index (χ0v) is 20.8. The van der Waals surface area contributed by atoms with E-state index in [-0.39, 0.29) is 17.3 Å². The number of hydrogen-bond donors (Lipinski definition) is 2. The van der Waals surface area contributed by atoms with E-state index in [4.69, 9.17) is 11.6 Å². The van der Waals surface area contributed by atoms with Crippen molar-refractivity contribution in [1.82, 2.24) is 20.1 Å². The lowest BCUT2D eigenvalue weighted by atomic mass is 9.95. The highest BCUT2D eigenvalue weighted by Crippen LogP contribution is 2.33. The van der Waals surface area contributed by atoms with E-state index in [0.29, 0.717) is 36.5 Å². The minimum absolute atomic E-state index is 0.122. The van der Waals surface area contributed by atoms with Crippen LogP contribution in [0.25, 0.3) is 16.3 Å². The van der Waals surface area contributed by atoms with Gasteiger partial charge in [0.2, 0.25) is 0 Å². The van der Waals surface area contributed by atoms with Crippen molar-refractivity contribution in [3.05, 3.63) is 89.9 Å². The maximum absolute atomic E-state index is 12.9. The topological polar surface area (TPSA) is 77.6 Å². The second kappa shape index (κ2) is 10.5. The Labute approximate surface area is 215 Å². The molecule has 1 unspecified atom stereocenters. The van der Waals surface area contributed by atoms with Gasteiger partial charge in [0.1, 0.15) is 0 Å². The Kier molecular flexibility index (Phi) is 7.02. The van der Waals surface area contributed by atoms with Crippen LogP contribution in [-0.4, -0.2) is 65.3 Å². The van der Waals surface area contributed by atoms with E-state index < -0.39 is 0 Å².